The summed E-state index contributed by atoms with van der Waals surface area (Å²) in [7, 11) is 1.00. The molecule has 0 bridgehead atoms. The lowest BCUT2D eigenvalue weighted by Crippen LogP contribution is -2.25. The van der Waals surface area contributed by atoms with Crippen LogP contribution in [-0.2, 0) is 0 Å². The monoisotopic (exact) mass is 391 g/mol. The molecule has 1 aliphatic carbocycles. The molecule has 4 heteroatoms. The molecule has 1 aliphatic heterocycles. The number of anilines is 1. The third-order valence-corrected chi connectivity index (χ3v) is 5.84. The lowest BCUT2D eigenvalue weighted by molar-refractivity contribution is 0.249. The number of hydrogen-bond acceptors (Lipinski definition) is 3. The molecule has 29 heavy (non-hydrogen) atoms. The summed E-state index contributed by atoms with van der Waals surface area (Å²) in [6.45, 7) is 0.585. The van der Waals surface area contributed by atoms with Crippen molar-refractivity contribution >= 4 is 5.69 Å². The number of aliphatic hydroxyl groups excluding tert-OH is 1. The highest BCUT2D eigenvalue weighted by Gasteiger charge is 2.34. The standard InChI is InChI=1S/C24H22FNO.CH4O/c25-22-12-9-17(13-20(22)15-5-6-15)21-14-27-23-4-2-1-3-19(23)24(21)16-7-10-18(26)11-8-16;1-2/h1-4,7-13,15,21,24H,5-6,14,26H2;2H,1H3. The zero-order valence-corrected chi connectivity index (χ0v) is 16.5. The molecule has 3 N–H and O–H groups in total. The van der Waals surface area contributed by atoms with E-state index < -0.39 is 0 Å². The van der Waals surface area contributed by atoms with Gasteiger partial charge in [-0.25, -0.2) is 4.39 Å². The van der Waals surface area contributed by atoms with E-state index in [1.165, 1.54) is 11.1 Å². The van der Waals surface area contributed by atoms with Gasteiger partial charge in [0, 0.05) is 30.2 Å². The SMILES string of the molecule is CO.Nc1ccc(C2c3ccccc3OCC2c2ccc(F)c(C3CC3)c2)cc1. The van der Waals surface area contributed by atoms with Crippen LogP contribution in [0.1, 0.15) is 52.8 Å². The number of para-hydroxylation sites is 1. The average Bonchev–Trinajstić information content (AvgIpc) is 3.61. The Labute approximate surface area is 171 Å². The van der Waals surface area contributed by atoms with E-state index >= 15 is 0 Å². The van der Waals surface area contributed by atoms with Crippen molar-refractivity contribution in [2.45, 2.75) is 30.6 Å². The van der Waals surface area contributed by atoms with E-state index in [1.54, 1.807) is 6.07 Å². The van der Waals surface area contributed by atoms with Gasteiger partial charge in [0.05, 0.1) is 6.61 Å². The first kappa shape index (κ1) is 19.5. The first-order valence-electron chi connectivity index (χ1n) is 10.0. The molecule has 2 atom stereocenters. The second kappa shape index (κ2) is 8.26. The van der Waals surface area contributed by atoms with E-state index in [0.29, 0.717) is 12.5 Å². The van der Waals surface area contributed by atoms with Gasteiger partial charge in [-0.15, -0.1) is 0 Å². The Morgan fingerprint density at radius 1 is 0.897 bits per heavy atom. The Bertz CT molecular complexity index is 982. The van der Waals surface area contributed by atoms with E-state index in [1.807, 2.05) is 30.3 Å². The van der Waals surface area contributed by atoms with Crippen molar-refractivity contribution in [2.24, 2.45) is 0 Å². The number of benzene rings is 3. The van der Waals surface area contributed by atoms with Gasteiger partial charge < -0.3 is 15.6 Å². The maximum absolute atomic E-state index is 14.3. The van der Waals surface area contributed by atoms with Crippen molar-refractivity contribution in [1.29, 1.82) is 0 Å². The van der Waals surface area contributed by atoms with Crippen LogP contribution >= 0.6 is 0 Å². The summed E-state index contributed by atoms with van der Waals surface area (Å²) in [4.78, 5) is 0. The molecule has 0 saturated heterocycles. The van der Waals surface area contributed by atoms with E-state index in [0.717, 1.165) is 42.5 Å². The molecule has 2 unspecified atom stereocenters. The minimum Gasteiger partial charge on any atom is -0.493 e. The zero-order chi connectivity index (χ0) is 20.4. The van der Waals surface area contributed by atoms with Gasteiger partial charge in [-0.05, 0) is 59.7 Å². The molecule has 3 aromatic carbocycles. The fraction of sp³-hybridized carbons (Fsp3) is 0.280. The van der Waals surface area contributed by atoms with Crippen molar-refractivity contribution < 1.29 is 14.2 Å². The predicted octanol–water partition coefficient (Wildman–Crippen LogP) is 5.20. The van der Waals surface area contributed by atoms with Gasteiger partial charge in [-0.3, -0.25) is 0 Å². The van der Waals surface area contributed by atoms with Crippen molar-refractivity contribution in [3.63, 3.8) is 0 Å². The molecule has 0 amide bonds. The molecule has 150 valence electrons. The smallest absolute Gasteiger partial charge is 0.126 e. The average molecular weight is 391 g/mol. The van der Waals surface area contributed by atoms with E-state index in [4.69, 9.17) is 15.6 Å². The van der Waals surface area contributed by atoms with Gasteiger partial charge in [0.2, 0.25) is 0 Å². The summed E-state index contributed by atoms with van der Waals surface area (Å²) in [5.41, 5.74) is 11.1. The van der Waals surface area contributed by atoms with Crippen LogP contribution in [0.2, 0.25) is 0 Å². The van der Waals surface area contributed by atoms with Gasteiger partial charge in [-0.2, -0.15) is 0 Å². The number of nitrogens with two attached hydrogens (primary N) is 1. The number of hydrogen-bond donors (Lipinski definition) is 2. The highest BCUT2D eigenvalue weighted by Crippen LogP contribution is 2.48. The lowest BCUT2D eigenvalue weighted by atomic mass is 9.75. The topological polar surface area (TPSA) is 55.5 Å². The summed E-state index contributed by atoms with van der Waals surface area (Å²) < 4.78 is 20.4. The molecule has 5 rings (SSSR count). The molecular weight excluding hydrogens is 365 g/mol. The Hall–Kier alpha value is -2.85. The van der Waals surface area contributed by atoms with E-state index in [9.17, 15) is 4.39 Å². The molecule has 0 aromatic heterocycles. The number of fused-ring (bicyclic) bond motifs is 1. The molecule has 1 saturated carbocycles. The lowest BCUT2D eigenvalue weighted by Gasteiger charge is -2.34. The summed E-state index contributed by atoms with van der Waals surface area (Å²) in [6, 6.07) is 21.9. The van der Waals surface area contributed by atoms with Crippen LogP contribution in [0.5, 0.6) is 5.75 Å². The molecule has 0 spiro atoms. The van der Waals surface area contributed by atoms with Crippen molar-refractivity contribution in [1.82, 2.24) is 0 Å². The maximum Gasteiger partial charge on any atom is 0.126 e. The second-order valence-electron chi connectivity index (χ2n) is 7.65. The highest BCUT2D eigenvalue weighted by molar-refractivity contribution is 5.50. The Morgan fingerprint density at radius 3 is 2.31 bits per heavy atom. The highest BCUT2D eigenvalue weighted by atomic mass is 19.1. The van der Waals surface area contributed by atoms with Gasteiger partial charge in [-0.1, -0.05) is 42.5 Å². The van der Waals surface area contributed by atoms with Gasteiger partial charge in [0.15, 0.2) is 0 Å². The Balaban J connectivity index is 0.000000994. The van der Waals surface area contributed by atoms with Crippen molar-refractivity contribution in [3.05, 3.63) is 94.8 Å². The summed E-state index contributed by atoms with van der Waals surface area (Å²) in [5, 5.41) is 7.00. The van der Waals surface area contributed by atoms with E-state index in [2.05, 4.69) is 30.3 Å². The minimum absolute atomic E-state index is 0.0811. The number of rotatable bonds is 3. The van der Waals surface area contributed by atoms with Crippen LogP contribution in [0.25, 0.3) is 0 Å². The summed E-state index contributed by atoms with van der Waals surface area (Å²) in [6.07, 6.45) is 2.18. The first-order valence-corrected chi connectivity index (χ1v) is 10.0. The third-order valence-electron chi connectivity index (χ3n) is 5.84. The zero-order valence-electron chi connectivity index (χ0n) is 16.5. The maximum atomic E-state index is 14.3. The molecule has 1 heterocycles. The molecule has 3 nitrogen and oxygen atoms in total. The number of halogens is 1. The number of ether oxygens (including phenoxy) is 1. The summed E-state index contributed by atoms with van der Waals surface area (Å²) >= 11 is 0. The summed E-state index contributed by atoms with van der Waals surface area (Å²) in [5.74, 6) is 1.54. The molecular formula is C25H26FNO2. The Kier molecular flexibility index (Phi) is 5.54. The second-order valence-corrected chi connectivity index (χ2v) is 7.65. The van der Waals surface area contributed by atoms with Crippen LogP contribution in [0.4, 0.5) is 10.1 Å². The molecule has 1 fully saturated rings. The quantitative estimate of drug-likeness (QED) is 0.603. The van der Waals surface area contributed by atoms with Crippen LogP contribution in [0, 0.1) is 5.82 Å². The van der Waals surface area contributed by atoms with E-state index in [-0.39, 0.29) is 17.7 Å². The van der Waals surface area contributed by atoms with Gasteiger partial charge in [0.1, 0.15) is 11.6 Å². The van der Waals surface area contributed by atoms with Crippen molar-refractivity contribution in [2.75, 3.05) is 19.5 Å². The Morgan fingerprint density at radius 2 is 1.59 bits per heavy atom. The van der Waals surface area contributed by atoms with Gasteiger partial charge in [0.25, 0.3) is 0 Å². The van der Waals surface area contributed by atoms with Crippen LogP contribution in [0.15, 0.2) is 66.7 Å². The van der Waals surface area contributed by atoms with Gasteiger partial charge >= 0.3 is 0 Å². The third kappa shape index (κ3) is 3.85. The first-order chi connectivity index (χ1) is 14.2. The largest absolute Gasteiger partial charge is 0.493 e. The number of nitrogen functional groups attached to an aromatic ring is 1. The van der Waals surface area contributed by atoms with Crippen molar-refractivity contribution in [3.8, 4) is 5.75 Å². The number of aliphatic hydroxyl groups is 1. The minimum atomic E-state index is -0.0811. The van der Waals surface area contributed by atoms with Crippen LogP contribution in [-0.4, -0.2) is 18.8 Å². The van der Waals surface area contributed by atoms with Crippen LogP contribution in [0.3, 0.4) is 0 Å². The molecule has 2 aliphatic rings. The normalized spacial score (nSPS) is 20.1. The fourth-order valence-corrected chi connectivity index (χ4v) is 4.27. The predicted molar refractivity (Wildman–Crippen MR) is 114 cm³/mol. The fourth-order valence-electron chi connectivity index (χ4n) is 4.27. The molecule has 0 radical (unpaired) electrons. The van der Waals surface area contributed by atoms with Crippen LogP contribution < -0.4 is 10.5 Å². The molecule has 3 aromatic rings.